The largest absolute Gasteiger partial charge is 0.283 e. The van der Waals surface area contributed by atoms with Gasteiger partial charge in [0.15, 0.2) is 5.17 Å². The zero-order valence-corrected chi connectivity index (χ0v) is 12.2. The van der Waals surface area contributed by atoms with Crippen LogP contribution < -0.4 is 4.90 Å². The Bertz CT molecular complexity index is 711. The van der Waals surface area contributed by atoms with E-state index in [-0.39, 0.29) is 5.91 Å². The molecular formula is C16H13N3OS. The Balaban J connectivity index is 1.98. The van der Waals surface area contributed by atoms with Crippen molar-refractivity contribution in [1.29, 1.82) is 0 Å². The van der Waals surface area contributed by atoms with Crippen LogP contribution in [-0.4, -0.2) is 22.3 Å². The molecule has 0 N–H and O–H groups in total. The summed E-state index contributed by atoms with van der Waals surface area (Å²) in [6.45, 7) is 0. The van der Waals surface area contributed by atoms with Crippen molar-refractivity contribution < 1.29 is 4.79 Å². The molecule has 1 aromatic carbocycles. The van der Waals surface area contributed by atoms with Gasteiger partial charge in [-0.2, -0.15) is 0 Å². The lowest BCUT2D eigenvalue weighted by atomic mass is 10.2. The Hall–Kier alpha value is -2.40. The number of anilines is 1. The number of amides is 1. The molecule has 0 atom stereocenters. The quantitative estimate of drug-likeness (QED) is 0.799. The third-order valence-electron chi connectivity index (χ3n) is 3.00. The molecule has 2 aromatic rings. The van der Waals surface area contributed by atoms with Gasteiger partial charge < -0.3 is 0 Å². The first-order valence-corrected chi connectivity index (χ1v) is 7.67. The summed E-state index contributed by atoms with van der Waals surface area (Å²) in [5, 5.41) is 0.674. The van der Waals surface area contributed by atoms with E-state index in [4.69, 9.17) is 0 Å². The lowest BCUT2D eigenvalue weighted by molar-refractivity contribution is -0.113. The predicted molar refractivity (Wildman–Crippen MR) is 87.1 cm³/mol. The van der Waals surface area contributed by atoms with Crippen molar-refractivity contribution >= 4 is 34.6 Å². The van der Waals surface area contributed by atoms with E-state index in [9.17, 15) is 4.79 Å². The number of carbonyl (C=O) groups excluding carboxylic acids is 1. The molecule has 4 nitrogen and oxygen atoms in total. The van der Waals surface area contributed by atoms with Crippen molar-refractivity contribution in [3.05, 3.63) is 66.1 Å². The molecule has 0 saturated heterocycles. The molecule has 0 bridgehead atoms. The zero-order chi connectivity index (χ0) is 14.7. The van der Waals surface area contributed by atoms with Gasteiger partial charge in [-0.3, -0.25) is 14.7 Å². The summed E-state index contributed by atoms with van der Waals surface area (Å²) in [5.41, 5.74) is 1.95. The number of para-hydroxylation sites is 1. The summed E-state index contributed by atoms with van der Waals surface area (Å²) in [6, 6.07) is 15.1. The van der Waals surface area contributed by atoms with Crippen LogP contribution in [0.2, 0.25) is 0 Å². The van der Waals surface area contributed by atoms with Crippen LogP contribution in [0.5, 0.6) is 0 Å². The lowest BCUT2D eigenvalue weighted by Gasteiger charge is -2.16. The number of hydrogen-bond donors (Lipinski definition) is 0. The van der Waals surface area contributed by atoms with Gasteiger partial charge in [0.2, 0.25) is 0 Å². The summed E-state index contributed by atoms with van der Waals surface area (Å²) >= 11 is 1.45. The van der Waals surface area contributed by atoms with Crippen LogP contribution in [0.1, 0.15) is 5.69 Å². The second-order valence-electron chi connectivity index (χ2n) is 4.36. The maximum atomic E-state index is 12.6. The highest BCUT2D eigenvalue weighted by Crippen LogP contribution is 2.27. The molecule has 0 spiro atoms. The summed E-state index contributed by atoms with van der Waals surface area (Å²) in [6.07, 6.45) is 5.31. The minimum absolute atomic E-state index is 0.129. The van der Waals surface area contributed by atoms with Gasteiger partial charge in [0.1, 0.15) is 5.70 Å². The molecule has 1 aliphatic rings. The van der Waals surface area contributed by atoms with Crippen LogP contribution >= 0.6 is 11.8 Å². The first-order chi connectivity index (χ1) is 10.3. The number of rotatable bonds is 2. The van der Waals surface area contributed by atoms with Gasteiger partial charge in [0, 0.05) is 6.20 Å². The first kappa shape index (κ1) is 13.6. The fourth-order valence-electron chi connectivity index (χ4n) is 2.04. The third-order valence-corrected chi connectivity index (χ3v) is 3.64. The van der Waals surface area contributed by atoms with Crippen molar-refractivity contribution in [3.63, 3.8) is 0 Å². The predicted octanol–water partition coefficient (Wildman–Crippen LogP) is 3.19. The normalized spacial score (nSPS) is 16.4. The topological polar surface area (TPSA) is 45.6 Å². The lowest BCUT2D eigenvalue weighted by Crippen LogP contribution is -2.29. The Labute approximate surface area is 127 Å². The molecule has 0 fully saturated rings. The monoisotopic (exact) mass is 295 g/mol. The molecule has 21 heavy (non-hydrogen) atoms. The molecule has 0 unspecified atom stereocenters. The number of thioether (sulfide) groups is 1. The molecule has 1 amide bonds. The van der Waals surface area contributed by atoms with Crippen molar-refractivity contribution in [2.24, 2.45) is 4.99 Å². The smallest absolute Gasteiger partial charge is 0.266 e. The number of nitrogens with zero attached hydrogens (tertiary/aromatic N) is 3. The molecule has 1 aromatic heterocycles. The minimum atomic E-state index is -0.129. The van der Waals surface area contributed by atoms with Crippen LogP contribution in [-0.2, 0) is 4.79 Å². The van der Waals surface area contributed by atoms with Gasteiger partial charge in [-0.1, -0.05) is 36.0 Å². The number of pyridine rings is 1. The highest BCUT2D eigenvalue weighted by molar-refractivity contribution is 8.13. The van der Waals surface area contributed by atoms with E-state index in [2.05, 4.69) is 9.98 Å². The molecular weight excluding hydrogens is 282 g/mol. The van der Waals surface area contributed by atoms with E-state index in [1.165, 1.54) is 11.8 Å². The number of aliphatic imine (C=N–C) groups is 1. The van der Waals surface area contributed by atoms with Crippen molar-refractivity contribution in [1.82, 2.24) is 4.98 Å². The third kappa shape index (κ3) is 2.73. The van der Waals surface area contributed by atoms with E-state index < -0.39 is 0 Å². The second kappa shape index (κ2) is 5.93. The molecule has 0 radical (unpaired) electrons. The van der Waals surface area contributed by atoms with E-state index in [1.54, 1.807) is 17.2 Å². The molecule has 104 valence electrons. The highest BCUT2D eigenvalue weighted by atomic mass is 32.2. The zero-order valence-electron chi connectivity index (χ0n) is 11.4. The van der Waals surface area contributed by atoms with Gasteiger partial charge in [0.05, 0.1) is 11.4 Å². The van der Waals surface area contributed by atoms with E-state index >= 15 is 0 Å². The van der Waals surface area contributed by atoms with E-state index in [0.717, 1.165) is 11.4 Å². The van der Waals surface area contributed by atoms with Gasteiger partial charge in [0.25, 0.3) is 5.91 Å². The fraction of sp³-hybridized carbons (Fsp3) is 0.0625. The Kier molecular flexibility index (Phi) is 3.83. The number of carbonyl (C=O) groups is 1. The maximum absolute atomic E-state index is 12.6. The van der Waals surface area contributed by atoms with Crippen LogP contribution in [0, 0.1) is 0 Å². The Morgan fingerprint density at radius 3 is 2.52 bits per heavy atom. The minimum Gasteiger partial charge on any atom is -0.266 e. The van der Waals surface area contributed by atoms with Crippen molar-refractivity contribution in [3.8, 4) is 0 Å². The van der Waals surface area contributed by atoms with Crippen LogP contribution in [0.15, 0.2) is 65.4 Å². The molecule has 5 heteroatoms. The summed E-state index contributed by atoms with van der Waals surface area (Å²) in [4.78, 5) is 22.8. The van der Waals surface area contributed by atoms with Gasteiger partial charge in [-0.05, 0) is 36.6 Å². The highest BCUT2D eigenvalue weighted by Gasteiger charge is 2.30. The molecule has 0 saturated carbocycles. The second-order valence-corrected chi connectivity index (χ2v) is 5.13. The fourth-order valence-corrected chi connectivity index (χ4v) is 2.60. The number of amidine groups is 1. The SMILES string of the molecule is CSC1=N/C(=C/c2ccccn2)C(=O)N1c1ccccc1. The average Bonchev–Trinajstić information content (AvgIpc) is 2.85. The van der Waals surface area contributed by atoms with Crippen LogP contribution in [0.3, 0.4) is 0 Å². The Morgan fingerprint density at radius 2 is 1.86 bits per heavy atom. The van der Waals surface area contributed by atoms with Crippen LogP contribution in [0.4, 0.5) is 5.69 Å². The molecule has 0 aliphatic carbocycles. The maximum Gasteiger partial charge on any atom is 0.283 e. The van der Waals surface area contributed by atoms with Gasteiger partial charge >= 0.3 is 0 Å². The van der Waals surface area contributed by atoms with Gasteiger partial charge in [-0.25, -0.2) is 4.99 Å². The molecule has 1 aliphatic heterocycles. The van der Waals surface area contributed by atoms with Gasteiger partial charge in [-0.15, -0.1) is 0 Å². The number of benzene rings is 1. The first-order valence-electron chi connectivity index (χ1n) is 6.44. The van der Waals surface area contributed by atoms with Crippen LogP contribution in [0.25, 0.3) is 6.08 Å². The summed E-state index contributed by atoms with van der Waals surface area (Å²) in [5.74, 6) is -0.129. The Morgan fingerprint density at radius 1 is 1.10 bits per heavy atom. The standard InChI is InChI=1S/C16H13N3OS/c1-21-16-18-14(11-12-7-5-6-10-17-12)15(20)19(16)13-8-3-2-4-9-13/h2-11H,1H3/b14-11+. The number of hydrogen-bond acceptors (Lipinski definition) is 4. The average molecular weight is 295 g/mol. The van der Waals surface area contributed by atoms with Crippen molar-refractivity contribution in [2.75, 3.05) is 11.2 Å². The molecule has 2 heterocycles. The van der Waals surface area contributed by atoms with E-state index in [1.807, 2.05) is 54.8 Å². The number of aromatic nitrogens is 1. The van der Waals surface area contributed by atoms with Crippen molar-refractivity contribution in [2.45, 2.75) is 0 Å². The summed E-state index contributed by atoms with van der Waals surface area (Å²) < 4.78 is 0. The molecule has 3 rings (SSSR count). The van der Waals surface area contributed by atoms with E-state index in [0.29, 0.717) is 10.9 Å². The summed E-state index contributed by atoms with van der Waals surface area (Å²) in [7, 11) is 0.